The van der Waals surface area contributed by atoms with E-state index in [-0.39, 0.29) is 0 Å². The monoisotopic (exact) mass is 270 g/mol. The molecule has 0 aromatic heterocycles. The van der Waals surface area contributed by atoms with Gasteiger partial charge in [0, 0.05) is 0 Å². The van der Waals surface area contributed by atoms with Crippen molar-refractivity contribution in [3.63, 3.8) is 0 Å². The van der Waals surface area contributed by atoms with E-state index in [1.165, 1.54) is 0 Å². The van der Waals surface area contributed by atoms with Gasteiger partial charge in [0.1, 0.15) is 0 Å². The molecular weight excluding hydrogens is 244 g/mol. The van der Waals surface area contributed by atoms with Gasteiger partial charge in [-0.1, -0.05) is 0 Å². The molecule has 0 N–H and O–H groups in total. The van der Waals surface area contributed by atoms with E-state index < -0.39 is 18.1 Å². The van der Waals surface area contributed by atoms with E-state index >= 15 is 0 Å². The molecule has 0 unspecified atom stereocenters. The van der Waals surface area contributed by atoms with E-state index in [0.717, 1.165) is 19.3 Å². The third-order valence-corrected chi connectivity index (χ3v) is 5.39. The summed E-state index contributed by atoms with van der Waals surface area (Å²) in [5, 5.41) is 0. The van der Waals surface area contributed by atoms with Crippen LogP contribution in [0.4, 0.5) is 0 Å². The molecule has 5 heteroatoms. The molecule has 0 spiro atoms. The van der Waals surface area contributed by atoms with Crippen molar-refractivity contribution in [3.8, 4) is 0 Å². The van der Waals surface area contributed by atoms with Crippen molar-refractivity contribution in [3.05, 3.63) is 0 Å². The fourth-order valence-corrected chi connectivity index (χ4v) is 4.57. The second kappa shape index (κ2) is 10.7. The number of rotatable bonds is 11. The summed E-state index contributed by atoms with van der Waals surface area (Å²) >= 11 is -3.41. The molecule has 0 fully saturated rings. The van der Waals surface area contributed by atoms with E-state index in [1.54, 1.807) is 0 Å². The topological polar surface area (TPSA) is 36.9 Å². The summed E-state index contributed by atoms with van der Waals surface area (Å²) in [4.78, 5) is 0. The maximum absolute atomic E-state index is 5.74. The first-order chi connectivity index (χ1) is 7.74. The number of hydrogen-bond donors (Lipinski definition) is 0. The van der Waals surface area contributed by atoms with Crippen LogP contribution in [0.3, 0.4) is 0 Å². The van der Waals surface area contributed by atoms with E-state index in [2.05, 4.69) is 20.8 Å². The minimum absolute atomic E-state index is 0.580. The molecule has 0 aromatic rings. The van der Waals surface area contributed by atoms with Crippen LogP contribution in [-0.2, 0) is 31.4 Å². The first kappa shape index (κ1) is 16.6. The maximum atomic E-state index is 5.74. The Morgan fingerprint density at radius 3 is 1.25 bits per heavy atom. The molecule has 0 aromatic carbocycles. The van der Waals surface area contributed by atoms with Crippen LogP contribution in [0.25, 0.3) is 0 Å². The summed E-state index contributed by atoms with van der Waals surface area (Å²) in [6.07, 6.45) is 2.85. The SMILES string of the molecule is CCC[O][Ti]([O]CC)([O]CCC)[O]CCC. The second-order valence-electron chi connectivity index (χ2n) is 3.48. The van der Waals surface area contributed by atoms with Crippen LogP contribution in [0.2, 0.25) is 0 Å². The molecule has 0 aliphatic heterocycles. The second-order valence-corrected chi connectivity index (χ2v) is 6.84. The van der Waals surface area contributed by atoms with Crippen molar-refractivity contribution in [2.75, 3.05) is 26.4 Å². The Bertz CT molecular complexity index is 133. The van der Waals surface area contributed by atoms with Gasteiger partial charge in [-0.05, 0) is 0 Å². The molecule has 0 bridgehead atoms. The van der Waals surface area contributed by atoms with E-state index in [9.17, 15) is 0 Å². The Morgan fingerprint density at radius 1 is 0.625 bits per heavy atom. The summed E-state index contributed by atoms with van der Waals surface area (Å²) in [5.41, 5.74) is 0. The Balaban J connectivity index is 4.32. The molecule has 0 radical (unpaired) electrons. The quantitative estimate of drug-likeness (QED) is 0.540. The van der Waals surface area contributed by atoms with E-state index in [4.69, 9.17) is 13.3 Å². The Morgan fingerprint density at radius 2 is 1.00 bits per heavy atom. The normalized spacial score (nSPS) is 12.0. The van der Waals surface area contributed by atoms with Gasteiger partial charge in [-0.3, -0.25) is 0 Å². The van der Waals surface area contributed by atoms with Crippen molar-refractivity contribution in [2.45, 2.75) is 47.0 Å². The first-order valence-corrected chi connectivity index (χ1v) is 8.85. The predicted molar refractivity (Wildman–Crippen MR) is 60.4 cm³/mol. The van der Waals surface area contributed by atoms with Crippen molar-refractivity contribution in [1.29, 1.82) is 0 Å². The molecule has 0 saturated carbocycles. The van der Waals surface area contributed by atoms with Crippen LogP contribution in [0, 0.1) is 0 Å². The summed E-state index contributed by atoms with van der Waals surface area (Å²) < 4.78 is 22.9. The molecule has 0 saturated heterocycles. The summed E-state index contributed by atoms with van der Waals surface area (Å²) in [5.74, 6) is 0. The molecule has 0 amide bonds. The van der Waals surface area contributed by atoms with Gasteiger partial charge in [0.15, 0.2) is 0 Å². The molecular formula is C11H26O4Ti. The van der Waals surface area contributed by atoms with Gasteiger partial charge in [0.05, 0.1) is 0 Å². The van der Waals surface area contributed by atoms with Gasteiger partial charge in [0.2, 0.25) is 0 Å². The van der Waals surface area contributed by atoms with Crippen molar-refractivity contribution < 1.29 is 31.4 Å². The van der Waals surface area contributed by atoms with Gasteiger partial charge < -0.3 is 0 Å². The van der Waals surface area contributed by atoms with Crippen molar-refractivity contribution >= 4 is 0 Å². The molecule has 0 aliphatic rings. The molecule has 16 heavy (non-hydrogen) atoms. The van der Waals surface area contributed by atoms with Crippen LogP contribution in [0.15, 0.2) is 0 Å². The number of hydrogen-bond acceptors (Lipinski definition) is 4. The Hall–Kier alpha value is 0.554. The molecule has 0 heterocycles. The van der Waals surface area contributed by atoms with Crippen molar-refractivity contribution in [1.82, 2.24) is 0 Å². The zero-order valence-corrected chi connectivity index (χ0v) is 12.6. The van der Waals surface area contributed by atoms with Gasteiger partial charge in [-0.2, -0.15) is 0 Å². The summed E-state index contributed by atoms with van der Waals surface area (Å²) in [7, 11) is 0. The molecule has 0 rings (SSSR count). The first-order valence-electron chi connectivity index (χ1n) is 6.30. The van der Waals surface area contributed by atoms with Gasteiger partial charge in [-0.15, -0.1) is 0 Å². The zero-order chi connectivity index (χ0) is 12.3. The zero-order valence-electron chi connectivity index (χ0n) is 11.1. The van der Waals surface area contributed by atoms with Crippen LogP contribution < -0.4 is 0 Å². The summed E-state index contributed by atoms with van der Waals surface area (Å²) in [6, 6.07) is 0. The fourth-order valence-electron chi connectivity index (χ4n) is 1.11. The predicted octanol–water partition coefficient (Wildman–Crippen LogP) is 3.12. The van der Waals surface area contributed by atoms with Gasteiger partial charge >= 0.3 is 105 Å². The Kier molecular flexibility index (Phi) is 11.1. The average Bonchev–Trinajstić information content (AvgIpc) is 2.31. The van der Waals surface area contributed by atoms with E-state index in [1.807, 2.05) is 6.92 Å². The average molecular weight is 270 g/mol. The summed E-state index contributed by atoms with van der Waals surface area (Å²) in [6.45, 7) is 10.7. The van der Waals surface area contributed by atoms with E-state index in [0.29, 0.717) is 26.4 Å². The third kappa shape index (κ3) is 6.99. The fraction of sp³-hybridized carbons (Fsp3) is 1.00. The standard InChI is InChI=1S/3C3H7O.C2H5O.Ti/c3*1-2-3-4;1-2-3;/h3*2-3H2,1H3;2H2,1H3;/q4*-1;+4. The Labute approximate surface area is 105 Å². The molecule has 0 aliphatic carbocycles. The van der Waals surface area contributed by atoms with Crippen LogP contribution in [0.1, 0.15) is 47.0 Å². The molecule has 0 atom stereocenters. The van der Waals surface area contributed by atoms with Crippen molar-refractivity contribution in [2.24, 2.45) is 0 Å². The van der Waals surface area contributed by atoms with Crippen LogP contribution in [-0.4, -0.2) is 26.4 Å². The minimum atomic E-state index is -3.41. The van der Waals surface area contributed by atoms with Gasteiger partial charge in [-0.25, -0.2) is 0 Å². The molecule has 98 valence electrons. The van der Waals surface area contributed by atoms with Crippen LogP contribution in [0.5, 0.6) is 0 Å². The van der Waals surface area contributed by atoms with Crippen LogP contribution >= 0.6 is 0 Å². The third-order valence-electron chi connectivity index (χ3n) is 1.77. The van der Waals surface area contributed by atoms with Gasteiger partial charge in [0.25, 0.3) is 0 Å². The molecule has 4 nitrogen and oxygen atoms in total.